The van der Waals surface area contributed by atoms with Crippen LogP contribution >= 0.6 is 11.6 Å². The van der Waals surface area contributed by atoms with E-state index < -0.39 is 0 Å². The van der Waals surface area contributed by atoms with Gasteiger partial charge in [-0.3, -0.25) is 0 Å². The maximum absolute atomic E-state index is 5.54. The fourth-order valence-electron chi connectivity index (χ4n) is 0.900. The molecule has 0 amide bonds. The highest BCUT2D eigenvalue weighted by atomic mass is 35.5. The average molecular weight is 159 g/mol. The highest BCUT2D eigenvalue weighted by Crippen LogP contribution is 2.10. The minimum atomic E-state index is 0.727. The van der Waals surface area contributed by atoms with Crippen LogP contribution in [0.25, 0.3) is 0 Å². The monoisotopic (exact) mass is 158 g/mol. The Bertz CT molecular complexity index is 193. The van der Waals surface area contributed by atoms with Crippen LogP contribution in [-0.2, 0) is 6.42 Å². The van der Waals surface area contributed by atoms with Crippen LogP contribution in [-0.4, -0.2) is 5.88 Å². The molecule has 1 rings (SSSR count). The summed E-state index contributed by atoms with van der Waals surface area (Å²) >= 11 is 5.54. The van der Waals surface area contributed by atoms with Gasteiger partial charge in [0.1, 0.15) is 0 Å². The number of hydrogen-bond donors (Lipinski definition) is 0. The van der Waals surface area contributed by atoms with Gasteiger partial charge >= 0.3 is 0 Å². The van der Waals surface area contributed by atoms with E-state index in [4.69, 9.17) is 16.0 Å². The largest absolute Gasteiger partial charge is 0.472 e. The third-order valence-electron chi connectivity index (χ3n) is 1.54. The van der Waals surface area contributed by atoms with Gasteiger partial charge in [0.25, 0.3) is 0 Å². The molecule has 0 aliphatic heterocycles. The summed E-state index contributed by atoms with van der Waals surface area (Å²) in [7, 11) is 0. The summed E-state index contributed by atoms with van der Waals surface area (Å²) in [6.07, 6.45) is 5.62. The van der Waals surface area contributed by atoms with E-state index in [-0.39, 0.29) is 0 Å². The maximum atomic E-state index is 5.54. The third kappa shape index (κ3) is 1.77. The van der Waals surface area contributed by atoms with E-state index in [1.165, 1.54) is 11.1 Å². The molecule has 0 unspecified atom stereocenters. The van der Waals surface area contributed by atoms with Gasteiger partial charge in [0.15, 0.2) is 0 Å². The van der Waals surface area contributed by atoms with Gasteiger partial charge in [-0.25, -0.2) is 0 Å². The molecule has 1 aromatic heterocycles. The lowest BCUT2D eigenvalue weighted by molar-refractivity contribution is 0.562. The highest BCUT2D eigenvalue weighted by molar-refractivity contribution is 6.17. The van der Waals surface area contributed by atoms with Crippen LogP contribution in [0.3, 0.4) is 0 Å². The van der Waals surface area contributed by atoms with Crippen molar-refractivity contribution in [3.8, 4) is 0 Å². The molecule has 1 nitrogen and oxygen atoms in total. The third-order valence-corrected chi connectivity index (χ3v) is 1.81. The molecule has 2 heteroatoms. The first-order chi connectivity index (χ1) is 4.84. The van der Waals surface area contributed by atoms with Crippen molar-refractivity contribution in [1.29, 1.82) is 0 Å². The fraction of sp³-hybridized carbons (Fsp3) is 0.500. The van der Waals surface area contributed by atoms with Crippen molar-refractivity contribution in [2.75, 3.05) is 5.88 Å². The van der Waals surface area contributed by atoms with E-state index in [0.717, 1.165) is 18.7 Å². The van der Waals surface area contributed by atoms with Gasteiger partial charge in [-0.15, -0.1) is 11.6 Å². The molecule has 0 aliphatic carbocycles. The van der Waals surface area contributed by atoms with Gasteiger partial charge in [0, 0.05) is 5.88 Å². The number of aryl methyl sites for hydroxylation is 2. The second-order valence-electron chi connectivity index (χ2n) is 2.37. The normalized spacial score (nSPS) is 10.2. The van der Waals surface area contributed by atoms with Gasteiger partial charge in [-0.05, 0) is 30.9 Å². The molecule has 0 N–H and O–H groups in total. The van der Waals surface area contributed by atoms with E-state index in [9.17, 15) is 0 Å². The standard InChI is InChI=1S/C8H11ClO/c1-7-5-10-6-8(7)3-2-4-9/h5-6H,2-4H2,1H3. The summed E-state index contributed by atoms with van der Waals surface area (Å²) in [5.41, 5.74) is 2.51. The molecule has 1 aromatic rings. The Morgan fingerprint density at radius 2 is 2.30 bits per heavy atom. The quantitative estimate of drug-likeness (QED) is 0.617. The Hall–Kier alpha value is -0.430. The van der Waals surface area contributed by atoms with Crippen molar-refractivity contribution in [1.82, 2.24) is 0 Å². The van der Waals surface area contributed by atoms with E-state index in [1.54, 1.807) is 12.5 Å². The molecular formula is C8H11ClO. The lowest BCUT2D eigenvalue weighted by atomic mass is 10.1. The van der Waals surface area contributed by atoms with Gasteiger partial charge in [0.2, 0.25) is 0 Å². The van der Waals surface area contributed by atoms with Crippen LogP contribution in [0.5, 0.6) is 0 Å². The Morgan fingerprint density at radius 3 is 2.80 bits per heavy atom. The molecule has 1 heterocycles. The van der Waals surface area contributed by atoms with E-state index in [2.05, 4.69) is 0 Å². The van der Waals surface area contributed by atoms with Crippen LogP contribution in [0.15, 0.2) is 16.9 Å². The molecule has 0 fully saturated rings. The molecule has 10 heavy (non-hydrogen) atoms. The van der Waals surface area contributed by atoms with E-state index in [0.29, 0.717) is 0 Å². The van der Waals surface area contributed by atoms with Crippen LogP contribution in [0.2, 0.25) is 0 Å². The number of alkyl halides is 1. The predicted octanol–water partition coefficient (Wildman–Crippen LogP) is 2.76. The van der Waals surface area contributed by atoms with E-state index >= 15 is 0 Å². The second-order valence-corrected chi connectivity index (χ2v) is 2.75. The Kier molecular flexibility index (Phi) is 2.82. The number of hydrogen-bond acceptors (Lipinski definition) is 1. The van der Waals surface area contributed by atoms with Crippen molar-refractivity contribution >= 4 is 11.6 Å². The van der Waals surface area contributed by atoms with Crippen molar-refractivity contribution in [2.24, 2.45) is 0 Å². The zero-order chi connectivity index (χ0) is 7.40. The zero-order valence-electron chi connectivity index (χ0n) is 6.06. The Balaban J connectivity index is 2.49. The van der Waals surface area contributed by atoms with Crippen molar-refractivity contribution in [3.63, 3.8) is 0 Å². The van der Waals surface area contributed by atoms with Gasteiger partial charge in [-0.2, -0.15) is 0 Å². The molecule has 0 spiro atoms. The Labute approximate surface area is 66.0 Å². The SMILES string of the molecule is Cc1cocc1CCCCl. The molecule has 0 bridgehead atoms. The van der Waals surface area contributed by atoms with Crippen LogP contribution in [0, 0.1) is 6.92 Å². The summed E-state index contributed by atoms with van der Waals surface area (Å²) in [6.45, 7) is 2.05. The predicted molar refractivity (Wildman–Crippen MR) is 42.5 cm³/mol. The number of furan rings is 1. The summed E-state index contributed by atoms with van der Waals surface area (Å²) < 4.78 is 5.00. The zero-order valence-corrected chi connectivity index (χ0v) is 6.82. The van der Waals surface area contributed by atoms with Crippen molar-refractivity contribution in [2.45, 2.75) is 19.8 Å². The first kappa shape index (κ1) is 7.67. The molecule has 0 atom stereocenters. The summed E-state index contributed by atoms with van der Waals surface area (Å²) in [5, 5.41) is 0. The van der Waals surface area contributed by atoms with Crippen molar-refractivity contribution < 1.29 is 4.42 Å². The highest BCUT2D eigenvalue weighted by Gasteiger charge is 1.98. The van der Waals surface area contributed by atoms with Crippen LogP contribution in [0.4, 0.5) is 0 Å². The van der Waals surface area contributed by atoms with Crippen LogP contribution < -0.4 is 0 Å². The topological polar surface area (TPSA) is 13.1 Å². The van der Waals surface area contributed by atoms with Crippen LogP contribution in [0.1, 0.15) is 17.5 Å². The second kappa shape index (κ2) is 3.67. The molecule has 0 saturated heterocycles. The maximum Gasteiger partial charge on any atom is 0.0937 e. The minimum Gasteiger partial charge on any atom is -0.472 e. The summed E-state index contributed by atoms with van der Waals surface area (Å²) in [4.78, 5) is 0. The molecule has 56 valence electrons. The Morgan fingerprint density at radius 1 is 1.50 bits per heavy atom. The number of rotatable bonds is 3. The summed E-state index contributed by atoms with van der Waals surface area (Å²) in [6, 6.07) is 0. The molecular weight excluding hydrogens is 148 g/mol. The lowest BCUT2D eigenvalue weighted by Gasteiger charge is -1.93. The summed E-state index contributed by atoms with van der Waals surface area (Å²) in [5.74, 6) is 0.727. The minimum absolute atomic E-state index is 0.727. The first-order valence-corrected chi connectivity index (χ1v) is 3.95. The molecule has 0 aliphatic rings. The van der Waals surface area contributed by atoms with Crippen molar-refractivity contribution in [3.05, 3.63) is 23.7 Å². The fourth-order valence-corrected chi connectivity index (χ4v) is 1.03. The molecule has 0 saturated carbocycles. The average Bonchev–Trinajstić information content (AvgIpc) is 2.31. The molecule has 0 aromatic carbocycles. The lowest BCUT2D eigenvalue weighted by Crippen LogP contribution is -1.84. The first-order valence-electron chi connectivity index (χ1n) is 3.42. The molecule has 0 radical (unpaired) electrons. The van der Waals surface area contributed by atoms with Gasteiger partial charge in [-0.1, -0.05) is 0 Å². The van der Waals surface area contributed by atoms with Gasteiger partial charge < -0.3 is 4.42 Å². The number of halogens is 1. The smallest absolute Gasteiger partial charge is 0.0937 e. The van der Waals surface area contributed by atoms with E-state index in [1.807, 2.05) is 6.92 Å². The van der Waals surface area contributed by atoms with Gasteiger partial charge in [0.05, 0.1) is 12.5 Å².